The van der Waals surface area contributed by atoms with Gasteiger partial charge in [0.25, 0.3) is 0 Å². The Morgan fingerprint density at radius 2 is 2.08 bits per heavy atom. The van der Waals surface area contributed by atoms with E-state index >= 15 is 0 Å². The fourth-order valence-corrected chi connectivity index (χ4v) is 3.92. The van der Waals surface area contributed by atoms with Gasteiger partial charge in [0.05, 0.1) is 12.1 Å². The highest BCUT2D eigenvalue weighted by atomic mass is 35.5. The second-order valence-corrected chi connectivity index (χ2v) is 7.05. The number of nitrogens with zero attached hydrogens (tertiary/aromatic N) is 1. The SMILES string of the molecule is CC(N)C(=O)NCC(c1ccccc1)N1CCc2sccc2C1.Cl. The van der Waals surface area contributed by atoms with Crippen LogP contribution in [0.2, 0.25) is 0 Å². The highest BCUT2D eigenvalue weighted by Gasteiger charge is 2.26. The predicted octanol–water partition coefficient (Wildman–Crippen LogP) is 2.73. The first-order chi connectivity index (χ1) is 11.1. The van der Waals surface area contributed by atoms with Crippen LogP contribution in [0.4, 0.5) is 0 Å². The van der Waals surface area contributed by atoms with E-state index in [1.54, 1.807) is 6.92 Å². The van der Waals surface area contributed by atoms with Gasteiger partial charge in [-0.3, -0.25) is 9.69 Å². The minimum Gasteiger partial charge on any atom is -0.353 e. The molecule has 0 bridgehead atoms. The van der Waals surface area contributed by atoms with Crippen molar-refractivity contribution in [1.82, 2.24) is 10.2 Å². The topological polar surface area (TPSA) is 58.4 Å². The van der Waals surface area contributed by atoms with Crippen molar-refractivity contribution in [2.75, 3.05) is 13.1 Å². The zero-order valence-corrected chi connectivity index (χ0v) is 15.4. The number of carbonyl (C=O) groups excluding carboxylic acids is 1. The Hall–Kier alpha value is -1.40. The number of hydrogen-bond acceptors (Lipinski definition) is 4. The average Bonchev–Trinajstić information content (AvgIpc) is 3.03. The fraction of sp³-hybridized carbons (Fsp3) is 0.389. The summed E-state index contributed by atoms with van der Waals surface area (Å²) in [5.41, 5.74) is 8.31. The first-order valence-electron chi connectivity index (χ1n) is 8.02. The molecule has 130 valence electrons. The minimum atomic E-state index is -0.476. The van der Waals surface area contributed by atoms with Crippen LogP contribution in [0.5, 0.6) is 0 Å². The molecule has 2 aromatic rings. The third kappa shape index (κ3) is 4.36. The standard InChI is InChI=1S/C18H23N3OS.ClH/c1-13(19)18(22)20-11-16(14-5-3-2-4-6-14)21-9-7-17-15(12-21)8-10-23-17;/h2-6,8,10,13,16H,7,9,11-12,19H2,1H3,(H,20,22);1H. The third-order valence-corrected chi connectivity index (χ3v) is 5.37. The van der Waals surface area contributed by atoms with Gasteiger partial charge in [0.1, 0.15) is 0 Å². The summed E-state index contributed by atoms with van der Waals surface area (Å²) >= 11 is 1.84. The molecule has 0 saturated heterocycles. The van der Waals surface area contributed by atoms with Crippen LogP contribution in [0.1, 0.15) is 29.0 Å². The van der Waals surface area contributed by atoms with Gasteiger partial charge in [-0.1, -0.05) is 30.3 Å². The lowest BCUT2D eigenvalue weighted by Crippen LogP contribution is -2.44. The van der Waals surface area contributed by atoms with E-state index in [2.05, 4.69) is 45.9 Å². The van der Waals surface area contributed by atoms with Crippen LogP contribution >= 0.6 is 23.7 Å². The molecule has 2 unspecified atom stereocenters. The molecule has 0 aliphatic carbocycles. The molecule has 6 heteroatoms. The van der Waals surface area contributed by atoms with Gasteiger partial charge in [-0.15, -0.1) is 23.7 Å². The van der Waals surface area contributed by atoms with Crippen molar-refractivity contribution in [2.45, 2.75) is 32.0 Å². The largest absolute Gasteiger partial charge is 0.353 e. The summed E-state index contributed by atoms with van der Waals surface area (Å²) in [5.74, 6) is -0.0980. The molecule has 3 N–H and O–H groups in total. The number of rotatable bonds is 5. The molecule has 0 radical (unpaired) electrons. The van der Waals surface area contributed by atoms with Crippen molar-refractivity contribution in [3.8, 4) is 0 Å². The van der Waals surface area contributed by atoms with Crippen LogP contribution in [0.3, 0.4) is 0 Å². The minimum absolute atomic E-state index is 0. The molecule has 4 nitrogen and oxygen atoms in total. The molecule has 1 aromatic carbocycles. The van der Waals surface area contributed by atoms with Crippen LogP contribution in [0, 0.1) is 0 Å². The molecule has 0 spiro atoms. The third-order valence-electron chi connectivity index (χ3n) is 4.35. The molecule has 1 aromatic heterocycles. The average molecular weight is 366 g/mol. The quantitative estimate of drug-likeness (QED) is 0.856. The van der Waals surface area contributed by atoms with E-state index in [1.807, 2.05) is 17.4 Å². The van der Waals surface area contributed by atoms with Gasteiger partial charge in [-0.05, 0) is 35.9 Å². The summed E-state index contributed by atoms with van der Waals surface area (Å²) in [4.78, 5) is 15.8. The molecule has 0 fully saturated rings. The van der Waals surface area contributed by atoms with Crippen LogP contribution in [-0.2, 0) is 17.8 Å². The summed E-state index contributed by atoms with van der Waals surface area (Å²) in [5, 5.41) is 5.16. The number of fused-ring (bicyclic) bond motifs is 1. The summed E-state index contributed by atoms with van der Waals surface area (Å²) in [6, 6.07) is 12.3. The molecule has 1 amide bonds. The normalized spacial score (nSPS) is 16.6. The molecule has 1 aliphatic heterocycles. The van der Waals surface area contributed by atoms with Gasteiger partial charge in [0.15, 0.2) is 0 Å². The van der Waals surface area contributed by atoms with E-state index < -0.39 is 6.04 Å². The zero-order valence-electron chi connectivity index (χ0n) is 13.8. The first kappa shape index (κ1) is 18.9. The van der Waals surface area contributed by atoms with E-state index in [1.165, 1.54) is 16.0 Å². The van der Waals surface area contributed by atoms with Crippen molar-refractivity contribution < 1.29 is 4.79 Å². The summed E-state index contributed by atoms with van der Waals surface area (Å²) in [7, 11) is 0. The van der Waals surface area contributed by atoms with Crippen molar-refractivity contribution in [3.63, 3.8) is 0 Å². The molecular formula is C18H24ClN3OS. The monoisotopic (exact) mass is 365 g/mol. The maximum absolute atomic E-state index is 11.9. The molecule has 1 aliphatic rings. The fourth-order valence-electron chi connectivity index (χ4n) is 3.03. The first-order valence-corrected chi connectivity index (χ1v) is 8.90. The molecular weight excluding hydrogens is 342 g/mol. The number of nitrogens with two attached hydrogens (primary N) is 1. The predicted molar refractivity (Wildman–Crippen MR) is 102 cm³/mol. The van der Waals surface area contributed by atoms with E-state index in [-0.39, 0.29) is 24.4 Å². The van der Waals surface area contributed by atoms with Crippen LogP contribution in [-0.4, -0.2) is 29.9 Å². The van der Waals surface area contributed by atoms with E-state index in [9.17, 15) is 4.79 Å². The van der Waals surface area contributed by atoms with Crippen LogP contribution < -0.4 is 11.1 Å². The highest BCUT2D eigenvalue weighted by molar-refractivity contribution is 7.10. The van der Waals surface area contributed by atoms with Gasteiger partial charge in [-0.25, -0.2) is 0 Å². The number of amides is 1. The van der Waals surface area contributed by atoms with Gasteiger partial charge in [0.2, 0.25) is 5.91 Å². The van der Waals surface area contributed by atoms with Gasteiger partial charge < -0.3 is 11.1 Å². The lowest BCUT2D eigenvalue weighted by atomic mass is 10.0. The van der Waals surface area contributed by atoms with Gasteiger partial charge in [-0.2, -0.15) is 0 Å². The second kappa shape index (κ2) is 8.62. The lowest BCUT2D eigenvalue weighted by Gasteiger charge is -2.35. The number of halogens is 1. The number of carbonyl (C=O) groups is 1. The molecule has 2 atom stereocenters. The lowest BCUT2D eigenvalue weighted by molar-refractivity contribution is -0.122. The molecule has 0 saturated carbocycles. The number of hydrogen-bond donors (Lipinski definition) is 2. The van der Waals surface area contributed by atoms with Crippen molar-refractivity contribution in [2.24, 2.45) is 5.73 Å². The van der Waals surface area contributed by atoms with E-state index in [0.717, 1.165) is 19.5 Å². The number of thiophene rings is 1. The maximum Gasteiger partial charge on any atom is 0.236 e. The Kier molecular flexibility index (Phi) is 6.80. The Balaban J connectivity index is 0.00000208. The van der Waals surface area contributed by atoms with Crippen LogP contribution in [0.15, 0.2) is 41.8 Å². The Bertz CT molecular complexity index is 659. The molecule has 3 rings (SSSR count). The molecule has 24 heavy (non-hydrogen) atoms. The van der Waals surface area contributed by atoms with Crippen molar-refractivity contribution in [1.29, 1.82) is 0 Å². The van der Waals surface area contributed by atoms with Gasteiger partial charge >= 0.3 is 0 Å². The van der Waals surface area contributed by atoms with E-state index in [0.29, 0.717) is 6.54 Å². The van der Waals surface area contributed by atoms with E-state index in [4.69, 9.17) is 5.73 Å². The second-order valence-electron chi connectivity index (χ2n) is 6.05. The van der Waals surface area contributed by atoms with Crippen molar-refractivity contribution >= 4 is 29.7 Å². The highest BCUT2D eigenvalue weighted by Crippen LogP contribution is 2.30. The summed E-state index contributed by atoms with van der Waals surface area (Å²) < 4.78 is 0. The van der Waals surface area contributed by atoms with Gasteiger partial charge in [0, 0.05) is 24.5 Å². The Labute approximate surface area is 153 Å². The van der Waals surface area contributed by atoms with Crippen molar-refractivity contribution in [3.05, 3.63) is 57.8 Å². The summed E-state index contributed by atoms with van der Waals surface area (Å²) in [6.45, 7) is 4.25. The summed E-state index contributed by atoms with van der Waals surface area (Å²) in [6.07, 6.45) is 1.08. The smallest absolute Gasteiger partial charge is 0.236 e. The zero-order chi connectivity index (χ0) is 16.2. The maximum atomic E-state index is 11.9. The molecule has 2 heterocycles. The van der Waals surface area contributed by atoms with Crippen LogP contribution in [0.25, 0.3) is 0 Å². The Morgan fingerprint density at radius 1 is 1.33 bits per heavy atom. The number of benzene rings is 1. The number of nitrogens with one attached hydrogen (secondary N) is 1. The Morgan fingerprint density at radius 3 is 2.79 bits per heavy atom.